The van der Waals surface area contributed by atoms with Crippen molar-refractivity contribution in [3.63, 3.8) is 0 Å². The van der Waals surface area contributed by atoms with Crippen LogP contribution in [0, 0.1) is 11.3 Å². The van der Waals surface area contributed by atoms with Gasteiger partial charge in [-0.2, -0.15) is 5.26 Å². The number of rotatable bonds is 2. The first kappa shape index (κ1) is 7.29. The summed E-state index contributed by atoms with van der Waals surface area (Å²) in [5, 5.41) is 10.9. The quantitative estimate of drug-likeness (QED) is 0.636. The first-order valence-electron chi connectivity index (χ1n) is 3.07. The van der Waals surface area contributed by atoms with Crippen molar-refractivity contribution in [2.24, 2.45) is 0 Å². The van der Waals surface area contributed by atoms with Crippen molar-refractivity contribution in [2.45, 2.75) is 0 Å². The molecule has 0 aliphatic rings. The summed E-state index contributed by atoms with van der Waals surface area (Å²) in [7, 11) is 0. The average molecular weight is 146 g/mol. The van der Waals surface area contributed by atoms with Crippen LogP contribution in [0.15, 0.2) is 24.3 Å². The fourth-order valence-electron chi connectivity index (χ4n) is 0.747. The zero-order valence-electron chi connectivity index (χ0n) is 5.74. The third kappa shape index (κ3) is 1.80. The molecule has 0 saturated carbocycles. The third-order valence-electron chi connectivity index (χ3n) is 1.22. The number of nitriles is 1. The van der Waals surface area contributed by atoms with Crippen molar-refractivity contribution < 1.29 is 4.79 Å². The zero-order valence-corrected chi connectivity index (χ0v) is 5.74. The number of nitrogens with one attached hydrogen (secondary N) is 1. The summed E-state index contributed by atoms with van der Waals surface area (Å²) < 4.78 is 0. The Bertz CT molecular complexity index is 301. The molecule has 0 spiro atoms. The van der Waals surface area contributed by atoms with Crippen LogP contribution in [-0.2, 0) is 4.79 Å². The highest BCUT2D eigenvalue weighted by molar-refractivity contribution is 5.71. The summed E-state index contributed by atoms with van der Waals surface area (Å²) in [5.74, 6) is 0. The molecule has 1 amide bonds. The summed E-state index contributed by atoms with van der Waals surface area (Å²) in [6, 6.07) is 8.68. The van der Waals surface area contributed by atoms with E-state index in [9.17, 15) is 4.79 Å². The summed E-state index contributed by atoms with van der Waals surface area (Å²) in [5.41, 5.74) is 1.18. The minimum absolute atomic E-state index is 0.539. The van der Waals surface area contributed by atoms with Gasteiger partial charge >= 0.3 is 0 Å². The van der Waals surface area contributed by atoms with Crippen LogP contribution in [0.5, 0.6) is 0 Å². The van der Waals surface area contributed by atoms with Crippen molar-refractivity contribution in [3.8, 4) is 6.07 Å². The van der Waals surface area contributed by atoms with E-state index in [1.54, 1.807) is 24.3 Å². The normalized spacial score (nSPS) is 8.27. The van der Waals surface area contributed by atoms with Gasteiger partial charge in [0.25, 0.3) is 0 Å². The number of benzene rings is 1. The third-order valence-corrected chi connectivity index (χ3v) is 1.22. The Morgan fingerprint density at radius 1 is 1.55 bits per heavy atom. The maximum absolute atomic E-state index is 9.98. The SMILES string of the molecule is N#Cc1cccc(NC=O)c1. The predicted octanol–water partition coefficient (Wildman–Crippen LogP) is 1.13. The van der Waals surface area contributed by atoms with E-state index in [-0.39, 0.29) is 0 Å². The number of nitrogens with zero attached hydrogens (tertiary/aromatic N) is 1. The molecule has 1 N–H and O–H groups in total. The van der Waals surface area contributed by atoms with Gasteiger partial charge in [-0.3, -0.25) is 4.79 Å². The average Bonchev–Trinajstić information content (AvgIpc) is 2.06. The fourth-order valence-corrected chi connectivity index (χ4v) is 0.747. The van der Waals surface area contributed by atoms with Crippen LogP contribution in [0.2, 0.25) is 0 Å². The summed E-state index contributed by atoms with van der Waals surface area (Å²) in [6.07, 6.45) is 0.580. The number of anilines is 1. The molecule has 0 atom stereocenters. The molecular formula is C8H6N2O. The smallest absolute Gasteiger partial charge is 0.211 e. The van der Waals surface area contributed by atoms with Crippen LogP contribution in [0.3, 0.4) is 0 Å². The van der Waals surface area contributed by atoms with Gasteiger partial charge in [-0.25, -0.2) is 0 Å². The summed E-state index contributed by atoms with van der Waals surface area (Å²) in [6.45, 7) is 0. The Hall–Kier alpha value is -1.82. The molecule has 3 nitrogen and oxygen atoms in total. The Balaban J connectivity index is 2.93. The van der Waals surface area contributed by atoms with E-state index in [1.165, 1.54) is 0 Å². The molecule has 54 valence electrons. The molecule has 0 radical (unpaired) electrons. The van der Waals surface area contributed by atoms with Crippen molar-refractivity contribution in [1.29, 1.82) is 5.26 Å². The largest absolute Gasteiger partial charge is 0.329 e. The van der Waals surface area contributed by atoms with E-state index in [1.807, 2.05) is 6.07 Å². The molecule has 0 aliphatic heterocycles. The van der Waals surface area contributed by atoms with E-state index >= 15 is 0 Å². The monoisotopic (exact) mass is 146 g/mol. The van der Waals surface area contributed by atoms with E-state index in [0.29, 0.717) is 17.7 Å². The summed E-state index contributed by atoms with van der Waals surface area (Å²) >= 11 is 0. The lowest BCUT2D eigenvalue weighted by Crippen LogP contribution is -1.92. The fraction of sp³-hybridized carbons (Fsp3) is 0. The number of hydrogen-bond acceptors (Lipinski definition) is 2. The lowest BCUT2D eigenvalue weighted by molar-refractivity contribution is -0.105. The van der Waals surface area contributed by atoms with Crippen LogP contribution < -0.4 is 5.32 Å². The second-order valence-electron chi connectivity index (χ2n) is 1.95. The molecule has 0 fully saturated rings. The molecule has 0 aromatic heterocycles. The second-order valence-corrected chi connectivity index (χ2v) is 1.95. The van der Waals surface area contributed by atoms with Crippen LogP contribution in [0.25, 0.3) is 0 Å². The minimum Gasteiger partial charge on any atom is -0.329 e. The van der Waals surface area contributed by atoms with Gasteiger partial charge in [0.05, 0.1) is 11.6 Å². The van der Waals surface area contributed by atoms with Crippen molar-refractivity contribution in [3.05, 3.63) is 29.8 Å². The Labute approximate surface area is 64.3 Å². The van der Waals surface area contributed by atoms with Gasteiger partial charge in [0.1, 0.15) is 0 Å². The number of hydrogen-bond donors (Lipinski definition) is 1. The van der Waals surface area contributed by atoms with Crippen LogP contribution in [0.1, 0.15) is 5.56 Å². The van der Waals surface area contributed by atoms with Gasteiger partial charge in [0.15, 0.2) is 0 Å². The highest BCUT2D eigenvalue weighted by Crippen LogP contribution is 2.07. The van der Waals surface area contributed by atoms with Crippen LogP contribution in [-0.4, -0.2) is 6.41 Å². The van der Waals surface area contributed by atoms with Crippen LogP contribution in [0.4, 0.5) is 5.69 Å². The standard InChI is InChI=1S/C8H6N2O/c9-5-7-2-1-3-8(4-7)10-6-11/h1-4,6H,(H,10,11). The van der Waals surface area contributed by atoms with Crippen molar-refractivity contribution in [1.82, 2.24) is 0 Å². The van der Waals surface area contributed by atoms with Gasteiger partial charge < -0.3 is 5.32 Å². The Morgan fingerprint density at radius 2 is 2.36 bits per heavy atom. The van der Waals surface area contributed by atoms with Gasteiger partial charge in [0.2, 0.25) is 6.41 Å². The molecule has 0 bridgehead atoms. The van der Waals surface area contributed by atoms with Crippen molar-refractivity contribution >= 4 is 12.1 Å². The molecule has 0 unspecified atom stereocenters. The highest BCUT2D eigenvalue weighted by atomic mass is 16.1. The first-order chi connectivity index (χ1) is 5.36. The number of carbonyl (C=O) groups is 1. The highest BCUT2D eigenvalue weighted by Gasteiger charge is 1.91. The molecule has 3 heteroatoms. The van der Waals surface area contributed by atoms with Crippen molar-refractivity contribution in [2.75, 3.05) is 5.32 Å². The summed E-state index contributed by atoms with van der Waals surface area (Å²) in [4.78, 5) is 9.98. The molecule has 1 rings (SSSR count). The molecule has 0 saturated heterocycles. The molecule has 1 aromatic rings. The zero-order chi connectivity index (χ0) is 8.10. The lowest BCUT2D eigenvalue weighted by atomic mass is 10.2. The van der Waals surface area contributed by atoms with E-state index in [4.69, 9.17) is 5.26 Å². The maximum Gasteiger partial charge on any atom is 0.211 e. The second kappa shape index (κ2) is 3.37. The molecule has 1 aromatic carbocycles. The predicted molar refractivity (Wildman–Crippen MR) is 40.8 cm³/mol. The van der Waals surface area contributed by atoms with E-state index in [2.05, 4.69) is 5.32 Å². The molecular weight excluding hydrogens is 140 g/mol. The Kier molecular flexibility index (Phi) is 2.24. The lowest BCUT2D eigenvalue weighted by Gasteiger charge is -1.96. The minimum atomic E-state index is 0.539. The molecule has 11 heavy (non-hydrogen) atoms. The van der Waals surface area contributed by atoms with Crippen LogP contribution >= 0.6 is 0 Å². The topological polar surface area (TPSA) is 52.9 Å². The van der Waals surface area contributed by atoms with Gasteiger partial charge in [-0.05, 0) is 18.2 Å². The number of carbonyl (C=O) groups excluding carboxylic acids is 1. The van der Waals surface area contributed by atoms with Gasteiger partial charge in [0, 0.05) is 5.69 Å². The van der Waals surface area contributed by atoms with Gasteiger partial charge in [-0.1, -0.05) is 6.07 Å². The van der Waals surface area contributed by atoms with E-state index in [0.717, 1.165) is 0 Å². The van der Waals surface area contributed by atoms with Gasteiger partial charge in [-0.15, -0.1) is 0 Å². The Morgan fingerprint density at radius 3 is 3.00 bits per heavy atom. The molecule has 0 heterocycles. The maximum atomic E-state index is 9.98. The first-order valence-corrected chi connectivity index (χ1v) is 3.07. The number of amides is 1. The van der Waals surface area contributed by atoms with E-state index < -0.39 is 0 Å². The molecule has 0 aliphatic carbocycles.